The topological polar surface area (TPSA) is 23.4 Å². The molecule has 2 aliphatic rings. The second-order valence-electron chi connectivity index (χ2n) is 17.1. The van der Waals surface area contributed by atoms with E-state index in [1.165, 1.54) is 48.1 Å². The van der Waals surface area contributed by atoms with Gasteiger partial charge in [0.25, 0.3) is 0 Å². The van der Waals surface area contributed by atoms with Gasteiger partial charge in [0.15, 0.2) is 8.07 Å². The standard InChI is InChI=1S/C60H40BNO2Si/c1-4-20-43(21-5-1)65(44-22-6-2-7-23-44,45-24-8-3-9-25-45)59-35-19-13-27-47(59)41-36-37-56-50(38-41)51-39-42(40-58-60(51)61(64-56)52-30-14-18-34-57(52)63-58)46-26-10-15-31-53(46)62-54-32-16-11-28-48(54)49-29-12-17-33-55(49)62/h1-40H. The first-order valence-electron chi connectivity index (χ1n) is 22.4. The summed E-state index contributed by atoms with van der Waals surface area (Å²) in [5, 5.41) is 7.83. The third kappa shape index (κ3) is 5.76. The maximum absolute atomic E-state index is 7.11. The summed E-state index contributed by atoms with van der Waals surface area (Å²) in [5.41, 5.74) is 12.3. The number of hydrogen-bond acceptors (Lipinski definition) is 2. The minimum Gasteiger partial charge on any atom is -0.551 e. The Morgan fingerprint density at radius 3 is 1.58 bits per heavy atom. The Morgan fingerprint density at radius 2 is 0.908 bits per heavy atom. The number of aromatic nitrogens is 1. The van der Waals surface area contributed by atoms with E-state index in [0.29, 0.717) is 0 Å². The zero-order chi connectivity index (χ0) is 42.9. The van der Waals surface area contributed by atoms with Crippen molar-refractivity contribution in [3.63, 3.8) is 0 Å². The van der Waals surface area contributed by atoms with E-state index >= 15 is 0 Å². The van der Waals surface area contributed by atoms with E-state index in [-0.39, 0.29) is 6.92 Å². The maximum atomic E-state index is 7.11. The van der Waals surface area contributed by atoms with Gasteiger partial charge in [0, 0.05) is 32.8 Å². The van der Waals surface area contributed by atoms with Crippen LogP contribution in [0.15, 0.2) is 243 Å². The molecule has 5 heteroatoms. The molecule has 10 aromatic carbocycles. The fourth-order valence-electron chi connectivity index (χ4n) is 10.9. The summed E-state index contributed by atoms with van der Waals surface area (Å²) in [6, 6.07) is 88.5. The van der Waals surface area contributed by atoms with Gasteiger partial charge in [-0.1, -0.05) is 194 Å². The van der Waals surface area contributed by atoms with Gasteiger partial charge < -0.3 is 14.0 Å². The molecule has 0 aliphatic carbocycles. The number of nitrogens with zero attached hydrogens (tertiary/aromatic N) is 1. The molecule has 0 N–H and O–H groups in total. The fourth-order valence-corrected chi connectivity index (χ4v) is 15.9. The molecule has 0 saturated carbocycles. The van der Waals surface area contributed by atoms with Crippen molar-refractivity contribution in [1.82, 2.24) is 4.57 Å². The van der Waals surface area contributed by atoms with Crippen molar-refractivity contribution >= 4 is 68.5 Å². The zero-order valence-electron chi connectivity index (χ0n) is 35.4. The van der Waals surface area contributed by atoms with Crippen molar-refractivity contribution < 1.29 is 9.39 Å². The summed E-state index contributed by atoms with van der Waals surface area (Å²) in [6.07, 6.45) is 0. The average molecular weight is 846 g/mol. The summed E-state index contributed by atoms with van der Waals surface area (Å²) in [6.45, 7) is -0.313. The molecule has 13 rings (SSSR count). The van der Waals surface area contributed by atoms with Crippen molar-refractivity contribution in [3.05, 3.63) is 243 Å². The first kappa shape index (κ1) is 37.4. The highest BCUT2D eigenvalue weighted by Crippen LogP contribution is 2.44. The van der Waals surface area contributed by atoms with Crippen LogP contribution < -0.4 is 41.1 Å². The van der Waals surface area contributed by atoms with Crippen LogP contribution in [0.2, 0.25) is 0 Å². The molecule has 2 aliphatic heterocycles. The lowest BCUT2D eigenvalue weighted by Crippen LogP contribution is -2.75. The van der Waals surface area contributed by atoms with Crippen molar-refractivity contribution in [2.24, 2.45) is 0 Å². The molecule has 0 atom stereocenters. The van der Waals surface area contributed by atoms with E-state index in [9.17, 15) is 0 Å². The lowest BCUT2D eigenvalue weighted by molar-refractivity contribution is 0.479. The van der Waals surface area contributed by atoms with Gasteiger partial charge in [-0.15, -0.1) is 0 Å². The maximum Gasteiger partial charge on any atom is 0.434 e. The Balaban J connectivity index is 1.05. The summed E-state index contributed by atoms with van der Waals surface area (Å²) < 4.78 is 16.4. The largest absolute Gasteiger partial charge is 0.551 e. The highest BCUT2D eigenvalue weighted by atomic mass is 28.3. The predicted molar refractivity (Wildman–Crippen MR) is 273 cm³/mol. The second kappa shape index (κ2) is 15.0. The Morgan fingerprint density at radius 1 is 0.369 bits per heavy atom. The number of benzene rings is 10. The number of para-hydroxylation sites is 4. The smallest absolute Gasteiger partial charge is 0.434 e. The Bertz CT molecular complexity index is 3470. The highest BCUT2D eigenvalue weighted by molar-refractivity contribution is 7.20. The number of rotatable bonds is 7. The molecule has 3 nitrogen and oxygen atoms in total. The fraction of sp³-hybridized carbons (Fsp3) is 0. The van der Waals surface area contributed by atoms with Crippen molar-refractivity contribution in [1.29, 1.82) is 0 Å². The second-order valence-corrected chi connectivity index (χ2v) is 20.8. The molecule has 0 unspecified atom stereocenters. The van der Waals surface area contributed by atoms with E-state index in [4.69, 9.17) is 9.39 Å². The predicted octanol–water partition coefficient (Wildman–Crippen LogP) is 10.8. The van der Waals surface area contributed by atoms with Crippen LogP contribution in [0.4, 0.5) is 0 Å². The highest BCUT2D eigenvalue weighted by Gasteiger charge is 2.44. The third-order valence-electron chi connectivity index (χ3n) is 13.6. The zero-order valence-corrected chi connectivity index (χ0v) is 36.4. The van der Waals surface area contributed by atoms with Crippen LogP contribution in [0, 0.1) is 0 Å². The Labute approximate surface area is 379 Å². The quantitative estimate of drug-likeness (QED) is 0.118. The number of fused-ring (bicyclic) bond motifs is 7. The van der Waals surface area contributed by atoms with Crippen molar-refractivity contribution in [3.8, 4) is 56.3 Å². The average Bonchev–Trinajstić information content (AvgIpc) is 3.72. The van der Waals surface area contributed by atoms with Crippen LogP contribution in [0.1, 0.15) is 0 Å². The van der Waals surface area contributed by atoms with Crippen LogP contribution in [0.25, 0.3) is 60.9 Å². The normalized spacial score (nSPS) is 12.5. The summed E-state index contributed by atoms with van der Waals surface area (Å²) in [7, 11) is -2.87. The molecule has 304 valence electrons. The van der Waals surface area contributed by atoms with Gasteiger partial charge in [-0.05, 0) is 91.5 Å². The Kier molecular flexibility index (Phi) is 8.65. The monoisotopic (exact) mass is 845 g/mol. The number of hydrogen-bond donors (Lipinski definition) is 0. The molecule has 1 aromatic heterocycles. The van der Waals surface area contributed by atoms with E-state index in [1.54, 1.807) is 0 Å². The van der Waals surface area contributed by atoms with E-state index < -0.39 is 8.07 Å². The van der Waals surface area contributed by atoms with Gasteiger partial charge in [0.05, 0.1) is 16.7 Å². The van der Waals surface area contributed by atoms with Crippen molar-refractivity contribution in [2.45, 2.75) is 0 Å². The molecule has 0 amide bonds. The first-order chi connectivity index (χ1) is 32.3. The van der Waals surface area contributed by atoms with Crippen LogP contribution in [0.3, 0.4) is 0 Å². The lowest BCUT2D eigenvalue weighted by atomic mass is 9.50. The molecule has 0 saturated heterocycles. The molecule has 0 radical (unpaired) electrons. The molecular weight excluding hydrogens is 806 g/mol. The van der Waals surface area contributed by atoms with Crippen LogP contribution >= 0.6 is 0 Å². The summed E-state index contributed by atoms with van der Waals surface area (Å²) in [5.74, 6) is 2.50. The van der Waals surface area contributed by atoms with E-state index in [2.05, 4.69) is 241 Å². The summed E-state index contributed by atoms with van der Waals surface area (Å²) in [4.78, 5) is 0. The van der Waals surface area contributed by atoms with Gasteiger partial charge in [0.2, 0.25) is 0 Å². The minimum absolute atomic E-state index is 0.313. The molecule has 65 heavy (non-hydrogen) atoms. The van der Waals surface area contributed by atoms with Gasteiger partial charge in [-0.3, -0.25) is 0 Å². The van der Waals surface area contributed by atoms with Gasteiger partial charge in [0.1, 0.15) is 17.2 Å². The van der Waals surface area contributed by atoms with Gasteiger partial charge in [-0.2, -0.15) is 0 Å². The van der Waals surface area contributed by atoms with Crippen molar-refractivity contribution in [2.75, 3.05) is 0 Å². The molecule has 11 aromatic rings. The molecule has 0 fully saturated rings. The van der Waals surface area contributed by atoms with E-state index in [0.717, 1.165) is 61.7 Å². The number of ether oxygens (including phenoxy) is 1. The minimum atomic E-state index is -2.87. The van der Waals surface area contributed by atoms with E-state index in [1.807, 2.05) is 6.07 Å². The SMILES string of the molecule is c1ccc([Si](c2ccccc2)(c2ccccc2)c2ccccc2-c2ccc3c(c2)-c2cc(-c4ccccc4-n4c5ccccc5c5ccccc54)cc4c2B(O3)c2ccccc2O4)cc1. The molecule has 0 bridgehead atoms. The third-order valence-corrected chi connectivity index (χ3v) is 18.5. The molecular formula is C60H40BNO2Si. The van der Waals surface area contributed by atoms with Crippen LogP contribution in [0.5, 0.6) is 17.2 Å². The van der Waals surface area contributed by atoms with Gasteiger partial charge >= 0.3 is 6.92 Å². The van der Waals surface area contributed by atoms with Gasteiger partial charge in [-0.25, -0.2) is 0 Å². The lowest BCUT2D eigenvalue weighted by Gasteiger charge is -2.36. The first-order valence-corrected chi connectivity index (χ1v) is 24.4. The summed E-state index contributed by atoms with van der Waals surface area (Å²) >= 11 is 0. The van der Waals surface area contributed by atoms with Crippen LogP contribution in [-0.4, -0.2) is 19.6 Å². The molecule has 0 spiro atoms. The van der Waals surface area contributed by atoms with Crippen LogP contribution in [-0.2, 0) is 0 Å². The Hall–Kier alpha value is -8.12. The molecule has 3 heterocycles.